The van der Waals surface area contributed by atoms with Crippen molar-refractivity contribution in [1.82, 2.24) is 0 Å². The van der Waals surface area contributed by atoms with Crippen LogP contribution in [0.5, 0.6) is 5.75 Å². The predicted octanol–water partition coefficient (Wildman–Crippen LogP) is 3.25. The Morgan fingerprint density at radius 1 is 1.54 bits per heavy atom. The maximum absolute atomic E-state index is 9.46. The lowest BCUT2D eigenvalue weighted by Gasteiger charge is -2.09. The standard InChI is InChI=1S/C8H9BrClNO.ClH/c1-4(11)6-2-5(9)3-7(10)8(6)12;/h2-4,12H,11H2,1H3;1H/t4-;/m1./s1. The molecule has 2 nitrogen and oxygen atoms in total. The van der Waals surface area contributed by atoms with E-state index in [2.05, 4.69) is 15.9 Å². The molecule has 1 aromatic rings. The van der Waals surface area contributed by atoms with Gasteiger partial charge in [0.25, 0.3) is 0 Å². The van der Waals surface area contributed by atoms with Crippen LogP contribution in [0.3, 0.4) is 0 Å². The molecule has 1 atom stereocenters. The van der Waals surface area contributed by atoms with Crippen molar-refractivity contribution in [3.05, 3.63) is 27.2 Å². The summed E-state index contributed by atoms with van der Waals surface area (Å²) in [4.78, 5) is 0. The summed E-state index contributed by atoms with van der Waals surface area (Å²) in [5.74, 6) is 0.0647. The summed E-state index contributed by atoms with van der Waals surface area (Å²) >= 11 is 8.99. The van der Waals surface area contributed by atoms with Crippen LogP contribution < -0.4 is 5.73 Å². The first-order valence-corrected chi connectivity index (χ1v) is 4.63. The van der Waals surface area contributed by atoms with Crippen molar-refractivity contribution in [2.24, 2.45) is 5.73 Å². The Balaban J connectivity index is 0.00000144. The number of hydrogen-bond donors (Lipinski definition) is 2. The van der Waals surface area contributed by atoms with Gasteiger partial charge in [0.2, 0.25) is 0 Å². The van der Waals surface area contributed by atoms with Crippen molar-refractivity contribution in [2.45, 2.75) is 13.0 Å². The Kier molecular flexibility index (Phi) is 5.07. The Morgan fingerprint density at radius 3 is 2.54 bits per heavy atom. The lowest BCUT2D eigenvalue weighted by atomic mass is 10.1. The lowest BCUT2D eigenvalue weighted by Crippen LogP contribution is -2.05. The van der Waals surface area contributed by atoms with Crippen LogP contribution in [0.15, 0.2) is 16.6 Å². The molecule has 74 valence electrons. The summed E-state index contributed by atoms with van der Waals surface area (Å²) < 4.78 is 0.817. The van der Waals surface area contributed by atoms with E-state index >= 15 is 0 Å². The number of nitrogens with two attached hydrogens (primary N) is 1. The minimum absolute atomic E-state index is 0. The third-order valence-corrected chi connectivity index (χ3v) is 2.29. The van der Waals surface area contributed by atoms with Gasteiger partial charge < -0.3 is 10.8 Å². The monoisotopic (exact) mass is 285 g/mol. The van der Waals surface area contributed by atoms with Crippen molar-refractivity contribution < 1.29 is 5.11 Å². The first kappa shape index (κ1) is 13.0. The highest BCUT2D eigenvalue weighted by molar-refractivity contribution is 9.10. The number of phenols is 1. The molecule has 0 bridgehead atoms. The van der Waals surface area contributed by atoms with Gasteiger partial charge in [0.15, 0.2) is 0 Å². The Hall–Kier alpha value is 0.0400. The van der Waals surface area contributed by atoms with Gasteiger partial charge in [-0.25, -0.2) is 0 Å². The maximum Gasteiger partial charge on any atom is 0.138 e. The third kappa shape index (κ3) is 3.02. The van der Waals surface area contributed by atoms with E-state index in [1.807, 2.05) is 0 Å². The molecule has 0 aromatic heterocycles. The van der Waals surface area contributed by atoms with Crippen LogP contribution in [0.25, 0.3) is 0 Å². The molecule has 0 aliphatic rings. The van der Waals surface area contributed by atoms with Crippen molar-refractivity contribution in [1.29, 1.82) is 0 Å². The van der Waals surface area contributed by atoms with Gasteiger partial charge in [0.1, 0.15) is 5.75 Å². The Labute approximate surface area is 96.6 Å². The predicted molar refractivity (Wildman–Crippen MR) is 60.7 cm³/mol. The minimum Gasteiger partial charge on any atom is -0.506 e. The van der Waals surface area contributed by atoms with E-state index in [1.165, 1.54) is 0 Å². The molecule has 5 heteroatoms. The van der Waals surface area contributed by atoms with E-state index in [-0.39, 0.29) is 24.2 Å². The second-order valence-electron chi connectivity index (χ2n) is 2.61. The van der Waals surface area contributed by atoms with Gasteiger partial charge >= 0.3 is 0 Å². The van der Waals surface area contributed by atoms with E-state index in [0.717, 1.165) is 4.47 Å². The van der Waals surface area contributed by atoms with E-state index in [0.29, 0.717) is 10.6 Å². The fraction of sp³-hybridized carbons (Fsp3) is 0.250. The van der Waals surface area contributed by atoms with Gasteiger partial charge in [-0.1, -0.05) is 27.5 Å². The molecule has 0 unspecified atom stereocenters. The number of hydrogen-bond acceptors (Lipinski definition) is 2. The second-order valence-corrected chi connectivity index (χ2v) is 3.94. The van der Waals surface area contributed by atoms with Crippen LogP contribution in [-0.4, -0.2) is 5.11 Å². The van der Waals surface area contributed by atoms with Gasteiger partial charge in [-0.3, -0.25) is 0 Å². The molecule has 0 aliphatic carbocycles. The fourth-order valence-corrected chi connectivity index (χ4v) is 1.77. The van der Waals surface area contributed by atoms with E-state index < -0.39 is 0 Å². The van der Waals surface area contributed by atoms with E-state index in [4.69, 9.17) is 17.3 Å². The molecule has 0 aliphatic heterocycles. The maximum atomic E-state index is 9.46. The van der Waals surface area contributed by atoms with Gasteiger partial charge in [-0.2, -0.15) is 0 Å². The summed E-state index contributed by atoms with van der Waals surface area (Å²) in [6.45, 7) is 1.79. The number of rotatable bonds is 1. The molecule has 1 rings (SSSR count). The summed E-state index contributed by atoms with van der Waals surface area (Å²) in [5.41, 5.74) is 6.26. The van der Waals surface area contributed by atoms with Crippen LogP contribution in [0.1, 0.15) is 18.5 Å². The Bertz CT molecular complexity index is 304. The molecule has 0 amide bonds. The second kappa shape index (κ2) is 5.05. The number of phenolic OH excluding ortho intramolecular Hbond substituents is 1. The fourth-order valence-electron chi connectivity index (χ4n) is 0.933. The average molecular weight is 287 g/mol. The van der Waals surface area contributed by atoms with E-state index in [1.54, 1.807) is 19.1 Å². The largest absolute Gasteiger partial charge is 0.506 e. The molecule has 0 radical (unpaired) electrons. The summed E-state index contributed by atoms with van der Waals surface area (Å²) in [7, 11) is 0. The normalized spacial score (nSPS) is 12.0. The van der Waals surface area contributed by atoms with E-state index in [9.17, 15) is 5.11 Å². The molecule has 0 saturated heterocycles. The van der Waals surface area contributed by atoms with Gasteiger partial charge in [-0.05, 0) is 19.1 Å². The Morgan fingerprint density at radius 2 is 2.08 bits per heavy atom. The lowest BCUT2D eigenvalue weighted by molar-refractivity contribution is 0.464. The third-order valence-electron chi connectivity index (χ3n) is 1.55. The van der Waals surface area contributed by atoms with Gasteiger partial charge in [0.05, 0.1) is 5.02 Å². The highest BCUT2D eigenvalue weighted by atomic mass is 79.9. The van der Waals surface area contributed by atoms with Crippen molar-refractivity contribution >= 4 is 39.9 Å². The summed E-state index contributed by atoms with van der Waals surface area (Å²) in [6.07, 6.45) is 0. The van der Waals surface area contributed by atoms with Crippen molar-refractivity contribution in [2.75, 3.05) is 0 Å². The molecule has 0 fully saturated rings. The minimum atomic E-state index is -0.222. The SMILES string of the molecule is C[C@@H](N)c1cc(Br)cc(Cl)c1O.Cl. The average Bonchev–Trinajstić information content (AvgIpc) is 1.96. The highest BCUT2D eigenvalue weighted by Crippen LogP contribution is 2.33. The molecule has 1 aromatic carbocycles. The van der Waals surface area contributed by atoms with Gasteiger partial charge in [-0.15, -0.1) is 12.4 Å². The number of aromatic hydroxyl groups is 1. The van der Waals surface area contributed by atoms with Crippen molar-refractivity contribution in [3.8, 4) is 5.75 Å². The zero-order chi connectivity index (χ0) is 9.30. The molecular weight excluding hydrogens is 277 g/mol. The molecule has 0 heterocycles. The molecule has 0 spiro atoms. The number of benzene rings is 1. The highest BCUT2D eigenvalue weighted by Gasteiger charge is 2.10. The molecule has 13 heavy (non-hydrogen) atoms. The van der Waals surface area contributed by atoms with Crippen molar-refractivity contribution in [3.63, 3.8) is 0 Å². The molecule has 0 saturated carbocycles. The van der Waals surface area contributed by atoms with Crippen LogP contribution in [-0.2, 0) is 0 Å². The molecule has 3 N–H and O–H groups in total. The zero-order valence-corrected chi connectivity index (χ0v) is 10.1. The number of halogens is 3. The molecular formula is C8H10BrCl2NO. The smallest absolute Gasteiger partial charge is 0.138 e. The first-order chi connectivity index (χ1) is 5.52. The van der Waals surface area contributed by atoms with Crippen LogP contribution in [0, 0.1) is 0 Å². The first-order valence-electron chi connectivity index (χ1n) is 3.46. The zero-order valence-electron chi connectivity index (χ0n) is 6.92. The van der Waals surface area contributed by atoms with Gasteiger partial charge in [0, 0.05) is 16.1 Å². The topological polar surface area (TPSA) is 46.2 Å². The van der Waals surface area contributed by atoms with Crippen LogP contribution in [0.4, 0.5) is 0 Å². The van der Waals surface area contributed by atoms with Crippen LogP contribution >= 0.6 is 39.9 Å². The summed E-state index contributed by atoms with van der Waals surface area (Å²) in [6, 6.07) is 3.16. The summed E-state index contributed by atoms with van der Waals surface area (Å²) in [5, 5.41) is 9.78. The van der Waals surface area contributed by atoms with Crippen LogP contribution in [0.2, 0.25) is 5.02 Å². The quantitative estimate of drug-likeness (QED) is 0.832.